The Labute approximate surface area is 124 Å². The Morgan fingerprint density at radius 2 is 2.00 bits per heavy atom. The second kappa shape index (κ2) is 6.65. The van der Waals surface area contributed by atoms with Gasteiger partial charge in [0.1, 0.15) is 13.2 Å². The van der Waals surface area contributed by atoms with Crippen LogP contribution < -0.4 is 14.2 Å². The van der Waals surface area contributed by atoms with Crippen LogP contribution in [0.4, 0.5) is 0 Å². The van der Waals surface area contributed by atoms with Gasteiger partial charge in [0.05, 0.1) is 4.90 Å². The maximum atomic E-state index is 12.2. The molecule has 1 atom stereocenters. The number of hydrogen-bond donors (Lipinski definition) is 1. The summed E-state index contributed by atoms with van der Waals surface area (Å²) in [7, 11) is -3.58. The molecule has 1 aliphatic rings. The SMILES string of the molecule is CCCC(Cl)CNS(=O)(=O)c1ccc2c(c1)OCCO2. The van der Waals surface area contributed by atoms with Gasteiger partial charge in [-0.3, -0.25) is 0 Å². The van der Waals surface area contributed by atoms with Crippen molar-refractivity contribution in [1.29, 1.82) is 0 Å². The average molecular weight is 320 g/mol. The van der Waals surface area contributed by atoms with E-state index in [9.17, 15) is 8.42 Å². The Morgan fingerprint density at radius 3 is 2.70 bits per heavy atom. The summed E-state index contributed by atoms with van der Waals surface area (Å²) in [6, 6.07) is 4.58. The first kappa shape index (κ1) is 15.4. The smallest absolute Gasteiger partial charge is 0.240 e. The van der Waals surface area contributed by atoms with Crippen molar-refractivity contribution in [3.8, 4) is 11.5 Å². The van der Waals surface area contributed by atoms with Crippen molar-refractivity contribution in [2.75, 3.05) is 19.8 Å². The number of benzene rings is 1. The number of hydrogen-bond acceptors (Lipinski definition) is 4. The van der Waals surface area contributed by atoms with Crippen LogP contribution in [0.3, 0.4) is 0 Å². The van der Waals surface area contributed by atoms with Crippen molar-refractivity contribution >= 4 is 21.6 Å². The predicted molar refractivity (Wildman–Crippen MR) is 77.2 cm³/mol. The molecule has 20 heavy (non-hydrogen) atoms. The Morgan fingerprint density at radius 1 is 1.30 bits per heavy atom. The van der Waals surface area contributed by atoms with E-state index in [2.05, 4.69) is 4.72 Å². The minimum Gasteiger partial charge on any atom is -0.486 e. The van der Waals surface area contributed by atoms with E-state index in [1.54, 1.807) is 6.07 Å². The maximum absolute atomic E-state index is 12.2. The van der Waals surface area contributed by atoms with Crippen molar-refractivity contribution in [3.05, 3.63) is 18.2 Å². The molecule has 2 rings (SSSR count). The lowest BCUT2D eigenvalue weighted by Gasteiger charge is -2.19. The van der Waals surface area contributed by atoms with E-state index in [4.69, 9.17) is 21.1 Å². The fourth-order valence-corrected chi connectivity index (χ4v) is 3.37. The fourth-order valence-electron chi connectivity index (χ4n) is 1.89. The molecule has 1 aromatic carbocycles. The van der Waals surface area contributed by atoms with Crippen molar-refractivity contribution in [2.45, 2.75) is 30.0 Å². The number of alkyl halides is 1. The van der Waals surface area contributed by atoms with Crippen LogP contribution in [0.15, 0.2) is 23.1 Å². The lowest BCUT2D eigenvalue weighted by atomic mass is 10.2. The van der Waals surface area contributed by atoms with E-state index < -0.39 is 10.0 Å². The monoisotopic (exact) mass is 319 g/mol. The van der Waals surface area contributed by atoms with Crippen LogP contribution in [0.2, 0.25) is 0 Å². The van der Waals surface area contributed by atoms with E-state index >= 15 is 0 Å². The van der Waals surface area contributed by atoms with Crippen LogP contribution in [0.1, 0.15) is 19.8 Å². The summed E-state index contributed by atoms with van der Waals surface area (Å²) in [5.74, 6) is 1.02. The predicted octanol–water partition coefficient (Wildman–Crippen LogP) is 2.14. The van der Waals surface area contributed by atoms with E-state index in [1.165, 1.54) is 12.1 Å². The molecule has 1 N–H and O–H groups in total. The largest absolute Gasteiger partial charge is 0.486 e. The highest BCUT2D eigenvalue weighted by atomic mass is 35.5. The van der Waals surface area contributed by atoms with Gasteiger partial charge in [-0.25, -0.2) is 13.1 Å². The minimum absolute atomic E-state index is 0.155. The van der Waals surface area contributed by atoms with Crippen LogP contribution in [0.25, 0.3) is 0 Å². The number of fused-ring (bicyclic) bond motifs is 1. The van der Waals surface area contributed by atoms with E-state index in [0.29, 0.717) is 24.7 Å². The molecular formula is C13H18ClNO4S. The lowest BCUT2D eigenvalue weighted by molar-refractivity contribution is 0.171. The third-order valence-corrected chi connectivity index (χ3v) is 4.71. The van der Waals surface area contributed by atoms with Crippen LogP contribution in [0, 0.1) is 0 Å². The molecule has 0 saturated carbocycles. The summed E-state index contributed by atoms with van der Waals surface area (Å²) in [6.07, 6.45) is 1.69. The highest BCUT2D eigenvalue weighted by Gasteiger charge is 2.20. The molecule has 0 amide bonds. The molecule has 0 radical (unpaired) electrons. The van der Waals surface area contributed by atoms with Gasteiger partial charge in [0.2, 0.25) is 10.0 Å². The van der Waals surface area contributed by atoms with E-state index in [1.807, 2.05) is 6.92 Å². The molecule has 7 heteroatoms. The number of ether oxygens (including phenoxy) is 2. The van der Waals surface area contributed by atoms with Gasteiger partial charge in [0.15, 0.2) is 11.5 Å². The zero-order valence-corrected chi connectivity index (χ0v) is 12.8. The second-order valence-electron chi connectivity index (χ2n) is 4.54. The van der Waals surface area contributed by atoms with Gasteiger partial charge in [0, 0.05) is 18.0 Å². The average Bonchev–Trinajstić information content (AvgIpc) is 2.45. The van der Waals surface area contributed by atoms with Gasteiger partial charge in [0.25, 0.3) is 0 Å². The summed E-state index contributed by atoms with van der Waals surface area (Å²) in [4.78, 5) is 0.155. The Hall–Kier alpha value is -0.980. The van der Waals surface area contributed by atoms with Crippen molar-refractivity contribution in [1.82, 2.24) is 4.72 Å². The molecule has 0 spiro atoms. The first-order valence-corrected chi connectivity index (χ1v) is 8.48. The molecule has 1 unspecified atom stereocenters. The van der Waals surface area contributed by atoms with Gasteiger partial charge >= 0.3 is 0 Å². The van der Waals surface area contributed by atoms with Crippen molar-refractivity contribution in [3.63, 3.8) is 0 Å². The zero-order chi connectivity index (χ0) is 14.6. The summed E-state index contributed by atoms with van der Waals surface area (Å²) < 4.78 is 37.6. The highest BCUT2D eigenvalue weighted by molar-refractivity contribution is 7.89. The Balaban J connectivity index is 2.09. The molecule has 1 aromatic rings. The molecule has 0 aromatic heterocycles. The van der Waals surface area contributed by atoms with Gasteiger partial charge in [-0.15, -0.1) is 11.6 Å². The first-order chi connectivity index (χ1) is 9.53. The topological polar surface area (TPSA) is 64.6 Å². The summed E-state index contributed by atoms with van der Waals surface area (Å²) in [6.45, 7) is 3.11. The number of halogens is 1. The lowest BCUT2D eigenvalue weighted by Crippen LogP contribution is -2.30. The Bertz CT molecular complexity index is 561. The molecule has 0 bridgehead atoms. The van der Waals surface area contributed by atoms with Crippen molar-refractivity contribution < 1.29 is 17.9 Å². The molecule has 0 fully saturated rings. The van der Waals surface area contributed by atoms with Crippen molar-refractivity contribution in [2.24, 2.45) is 0 Å². The molecule has 0 saturated heterocycles. The van der Waals surface area contributed by atoms with Crippen LogP contribution in [-0.2, 0) is 10.0 Å². The normalized spacial score (nSPS) is 15.9. The van der Waals surface area contributed by atoms with Crippen LogP contribution >= 0.6 is 11.6 Å². The standard InChI is InChI=1S/C13H18ClNO4S/c1-2-3-10(14)9-15-20(16,17)11-4-5-12-13(8-11)19-7-6-18-12/h4-5,8,10,15H,2-3,6-7,9H2,1H3. The van der Waals surface area contributed by atoms with Gasteiger partial charge in [-0.2, -0.15) is 0 Å². The first-order valence-electron chi connectivity index (χ1n) is 6.56. The van der Waals surface area contributed by atoms with Gasteiger partial charge < -0.3 is 9.47 Å². The van der Waals surface area contributed by atoms with Crippen LogP contribution in [0.5, 0.6) is 11.5 Å². The molecule has 1 aliphatic heterocycles. The zero-order valence-electron chi connectivity index (χ0n) is 11.3. The molecule has 5 nitrogen and oxygen atoms in total. The highest BCUT2D eigenvalue weighted by Crippen LogP contribution is 2.32. The quantitative estimate of drug-likeness (QED) is 0.816. The minimum atomic E-state index is -3.58. The molecule has 0 aliphatic carbocycles. The van der Waals surface area contributed by atoms with Crippen LogP contribution in [-0.4, -0.2) is 33.6 Å². The van der Waals surface area contributed by atoms with Gasteiger partial charge in [-0.05, 0) is 18.6 Å². The maximum Gasteiger partial charge on any atom is 0.240 e. The fraction of sp³-hybridized carbons (Fsp3) is 0.538. The van der Waals surface area contributed by atoms with Gasteiger partial charge in [-0.1, -0.05) is 13.3 Å². The van der Waals surface area contributed by atoms with E-state index in [0.717, 1.165) is 12.8 Å². The summed E-state index contributed by atoms with van der Waals surface area (Å²) in [5.41, 5.74) is 0. The number of rotatable bonds is 6. The summed E-state index contributed by atoms with van der Waals surface area (Å²) >= 11 is 6.02. The Kier molecular flexibility index (Phi) is 5.12. The number of nitrogens with one attached hydrogen (secondary N) is 1. The second-order valence-corrected chi connectivity index (χ2v) is 6.93. The number of sulfonamides is 1. The third kappa shape index (κ3) is 3.77. The summed E-state index contributed by atoms with van der Waals surface area (Å²) in [5, 5.41) is -0.202. The molecule has 1 heterocycles. The molecule has 112 valence electrons. The third-order valence-electron chi connectivity index (χ3n) is 2.92. The molecular weight excluding hydrogens is 302 g/mol. The van der Waals surface area contributed by atoms with E-state index in [-0.39, 0.29) is 16.8 Å².